The molecule has 1 aliphatic rings. The minimum absolute atomic E-state index is 0.822. The van der Waals surface area contributed by atoms with E-state index in [0.29, 0.717) is 0 Å². The van der Waals surface area contributed by atoms with E-state index in [0.717, 1.165) is 26.2 Å². The first-order chi connectivity index (χ1) is 7.66. The highest BCUT2D eigenvalue weighted by Gasteiger charge is 2.22. The summed E-state index contributed by atoms with van der Waals surface area (Å²) in [6.45, 7) is 3.69. The third-order valence-electron chi connectivity index (χ3n) is 2.79. The van der Waals surface area contributed by atoms with Gasteiger partial charge >= 0.3 is 0 Å². The van der Waals surface area contributed by atoms with Gasteiger partial charge in [0.25, 0.3) is 0 Å². The molecule has 0 bridgehead atoms. The molecular weight excluding hydrogens is 335 g/mol. The lowest BCUT2D eigenvalue weighted by Gasteiger charge is -2.34. The van der Waals surface area contributed by atoms with Crippen molar-refractivity contribution in [3.63, 3.8) is 0 Å². The highest BCUT2D eigenvalue weighted by Crippen LogP contribution is 2.18. The van der Waals surface area contributed by atoms with E-state index in [9.17, 15) is 4.55 Å². The number of rotatable bonds is 2. The molecule has 0 aliphatic carbocycles. The van der Waals surface area contributed by atoms with Crippen molar-refractivity contribution < 1.29 is 4.55 Å². The number of nitrogens with zero attached hydrogens (tertiary/aromatic N) is 2. The van der Waals surface area contributed by atoms with Gasteiger partial charge in [-0.05, 0) is 46.9 Å². The molecule has 1 fully saturated rings. The summed E-state index contributed by atoms with van der Waals surface area (Å²) in [6, 6.07) is 8.56. The number of hydrogen-bond donors (Lipinski definition) is 0. The molecule has 16 heavy (non-hydrogen) atoms. The van der Waals surface area contributed by atoms with Gasteiger partial charge in [0, 0.05) is 33.7 Å². The summed E-state index contributed by atoms with van der Waals surface area (Å²) >= 11 is 1.49. The molecule has 3 nitrogen and oxygen atoms in total. The number of piperazine rings is 1. The third kappa shape index (κ3) is 3.03. The van der Waals surface area contributed by atoms with Gasteiger partial charge in [-0.25, -0.2) is 0 Å². The van der Waals surface area contributed by atoms with E-state index in [1.807, 2.05) is 4.31 Å². The highest BCUT2D eigenvalue weighted by atomic mass is 127. The Balaban J connectivity index is 1.96. The van der Waals surface area contributed by atoms with Crippen molar-refractivity contribution in [3.8, 4) is 0 Å². The number of benzene rings is 1. The summed E-state index contributed by atoms with van der Waals surface area (Å²) in [6.07, 6.45) is 1.75. The predicted octanol–water partition coefficient (Wildman–Crippen LogP) is 1.71. The van der Waals surface area contributed by atoms with Crippen LogP contribution in [0.3, 0.4) is 0 Å². The van der Waals surface area contributed by atoms with Crippen LogP contribution >= 0.6 is 22.6 Å². The fraction of sp³-hybridized carbons (Fsp3) is 0.455. The molecular formula is C11H15IN2OS. The molecule has 5 heteroatoms. The van der Waals surface area contributed by atoms with E-state index >= 15 is 0 Å². The van der Waals surface area contributed by atoms with Crippen molar-refractivity contribution in [2.24, 2.45) is 0 Å². The van der Waals surface area contributed by atoms with E-state index in [-0.39, 0.29) is 0 Å². The van der Waals surface area contributed by atoms with Gasteiger partial charge in [-0.2, -0.15) is 0 Å². The maximum atomic E-state index is 11.3. The maximum Gasteiger partial charge on any atom is 0.115 e. The van der Waals surface area contributed by atoms with E-state index in [2.05, 4.69) is 51.8 Å². The quantitative estimate of drug-likeness (QED) is 0.601. The molecule has 1 aliphatic heterocycles. The summed E-state index contributed by atoms with van der Waals surface area (Å²) < 4.78 is 14.6. The lowest BCUT2D eigenvalue weighted by atomic mass is 10.2. The first kappa shape index (κ1) is 12.5. The second-order valence-electron chi connectivity index (χ2n) is 3.82. The van der Waals surface area contributed by atoms with E-state index < -0.39 is 11.4 Å². The van der Waals surface area contributed by atoms with Crippen LogP contribution in [0, 0.1) is 3.57 Å². The van der Waals surface area contributed by atoms with Crippen LogP contribution in [0.1, 0.15) is 0 Å². The van der Waals surface area contributed by atoms with Gasteiger partial charge in [-0.15, -0.1) is 4.31 Å². The van der Waals surface area contributed by atoms with Crippen LogP contribution < -0.4 is 4.90 Å². The molecule has 0 radical (unpaired) electrons. The molecule has 0 saturated carbocycles. The van der Waals surface area contributed by atoms with Crippen LogP contribution in [-0.4, -0.2) is 41.3 Å². The average Bonchev–Trinajstić information content (AvgIpc) is 2.30. The first-order valence-electron chi connectivity index (χ1n) is 5.26. The smallest absolute Gasteiger partial charge is 0.115 e. The van der Waals surface area contributed by atoms with Crippen LogP contribution in [0.4, 0.5) is 5.69 Å². The Labute approximate surface area is 113 Å². The normalized spacial score (nSPS) is 19.8. The molecule has 0 N–H and O–H groups in total. The van der Waals surface area contributed by atoms with Crippen LogP contribution in [0.2, 0.25) is 0 Å². The zero-order valence-corrected chi connectivity index (χ0v) is 12.2. The monoisotopic (exact) mass is 350 g/mol. The molecule has 1 unspecified atom stereocenters. The summed E-state index contributed by atoms with van der Waals surface area (Å²) in [5.41, 5.74) is 1.27. The van der Waals surface area contributed by atoms with Crippen molar-refractivity contribution in [1.82, 2.24) is 4.31 Å². The molecule has 2 rings (SSSR count). The molecule has 0 spiro atoms. The van der Waals surface area contributed by atoms with Crippen molar-refractivity contribution in [1.29, 1.82) is 0 Å². The zero-order chi connectivity index (χ0) is 11.5. The number of anilines is 1. The molecule has 0 amide bonds. The highest BCUT2D eigenvalue weighted by molar-refractivity contribution is 14.1. The predicted molar refractivity (Wildman–Crippen MR) is 77.0 cm³/mol. The average molecular weight is 350 g/mol. The standard InChI is InChI=1S/C11H15IN2OS/c1-16(15)14-8-6-13(7-9-14)11-4-2-10(12)3-5-11/h2-5H,6-9H2,1H3. The Kier molecular flexibility index (Phi) is 4.34. The van der Waals surface area contributed by atoms with Crippen molar-refractivity contribution in [2.75, 3.05) is 37.3 Å². The molecule has 1 aromatic carbocycles. The van der Waals surface area contributed by atoms with E-state index in [4.69, 9.17) is 0 Å². The largest absolute Gasteiger partial charge is 0.598 e. The molecule has 1 saturated heterocycles. The van der Waals surface area contributed by atoms with Crippen LogP contribution in [0.25, 0.3) is 0 Å². The lowest BCUT2D eigenvalue weighted by molar-refractivity contribution is 0.388. The summed E-state index contributed by atoms with van der Waals surface area (Å²) in [5, 5.41) is 0. The van der Waals surface area contributed by atoms with Gasteiger partial charge < -0.3 is 9.45 Å². The van der Waals surface area contributed by atoms with Gasteiger partial charge in [0.2, 0.25) is 0 Å². The van der Waals surface area contributed by atoms with Crippen molar-refractivity contribution >= 4 is 39.6 Å². The Morgan fingerprint density at radius 1 is 1.12 bits per heavy atom. The number of hydrogen-bond acceptors (Lipinski definition) is 3. The molecule has 1 atom stereocenters. The maximum absolute atomic E-state index is 11.3. The Hall–Kier alpha value is 0.0200. The summed E-state index contributed by atoms with van der Waals surface area (Å²) in [5.74, 6) is 0. The van der Waals surface area contributed by atoms with Gasteiger partial charge in [-0.3, -0.25) is 0 Å². The second-order valence-corrected chi connectivity index (χ2v) is 6.43. The minimum atomic E-state index is -0.822. The van der Waals surface area contributed by atoms with Gasteiger partial charge in [0.15, 0.2) is 0 Å². The fourth-order valence-electron chi connectivity index (χ4n) is 1.86. The SMILES string of the molecule is C[S+]([O-])N1CCN(c2ccc(I)cc2)CC1. The fourth-order valence-corrected chi connectivity index (χ4v) is 2.89. The van der Waals surface area contributed by atoms with E-state index in [1.165, 1.54) is 9.26 Å². The number of halogens is 1. The van der Waals surface area contributed by atoms with Crippen LogP contribution in [-0.2, 0) is 11.4 Å². The van der Waals surface area contributed by atoms with Gasteiger partial charge in [0.05, 0.1) is 13.1 Å². The molecule has 1 aromatic rings. The third-order valence-corrected chi connectivity index (χ3v) is 4.61. The summed E-state index contributed by atoms with van der Waals surface area (Å²) in [7, 11) is 0. The molecule has 88 valence electrons. The van der Waals surface area contributed by atoms with Crippen LogP contribution in [0.15, 0.2) is 24.3 Å². The van der Waals surface area contributed by atoms with Gasteiger partial charge in [-0.1, -0.05) is 0 Å². The van der Waals surface area contributed by atoms with Gasteiger partial charge in [0.1, 0.15) is 6.26 Å². The Bertz CT molecular complexity index is 336. The topological polar surface area (TPSA) is 29.5 Å². The molecule has 0 aromatic heterocycles. The van der Waals surface area contributed by atoms with Crippen LogP contribution in [0.5, 0.6) is 0 Å². The Morgan fingerprint density at radius 2 is 1.69 bits per heavy atom. The van der Waals surface area contributed by atoms with Crippen molar-refractivity contribution in [2.45, 2.75) is 0 Å². The van der Waals surface area contributed by atoms with E-state index in [1.54, 1.807) is 6.26 Å². The van der Waals surface area contributed by atoms with Crippen molar-refractivity contribution in [3.05, 3.63) is 27.8 Å². The minimum Gasteiger partial charge on any atom is -0.598 e. The molecule has 1 heterocycles. The zero-order valence-electron chi connectivity index (χ0n) is 9.23. The summed E-state index contributed by atoms with van der Waals surface area (Å²) in [4.78, 5) is 2.35. The Morgan fingerprint density at radius 3 is 2.19 bits per heavy atom. The first-order valence-corrected chi connectivity index (χ1v) is 7.85. The second kappa shape index (κ2) is 5.57. The lowest BCUT2D eigenvalue weighted by Crippen LogP contribution is -2.48.